The highest BCUT2D eigenvalue weighted by molar-refractivity contribution is 5.95. The number of carbonyl (C=O) groups is 1. The third kappa shape index (κ3) is 4.63. The van der Waals surface area contributed by atoms with Crippen molar-refractivity contribution < 1.29 is 14.3 Å². The van der Waals surface area contributed by atoms with Crippen LogP contribution in [0.5, 0.6) is 11.5 Å². The number of ether oxygens (including phenoxy) is 2. The van der Waals surface area contributed by atoms with Crippen molar-refractivity contribution in [1.82, 2.24) is 15.1 Å². The number of aromatic nitrogens is 2. The van der Waals surface area contributed by atoms with E-state index in [-0.39, 0.29) is 11.9 Å². The van der Waals surface area contributed by atoms with Crippen LogP contribution in [-0.4, -0.2) is 29.4 Å². The Bertz CT molecular complexity index is 1060. The second-order valence-corrected chi connectivity index (χ2v) is 7.57. The van der Waals surface area contributed by atoms with Gasteiger partial charge in [0.2, 0.25) is 0 Å². The largest absolute Gasteiger partial charge is 0.493 e. The fourth-order valence-corrected chi connectivity index (χ4v) is 3.98. The minimum Gasteiger partial charge on any atom is -0.493 e. The van der Waals surface area contributed by atoms with Gasteiger partial charge in [-0.1, -0.05) is 43.0 Å². The molecule has 1 unspecified atom stereocenters. The number of hydrogen-bond donors (Lipinski definition) is 1. The Kier molecular flexibility index (Phi) is 6.36. The van der Waals surface area contributed by atoms with Crippen LogP contribution in [-0.2, 0) is 13.0 Å². The van der Waals surface area contributed by atoms with Crippen LogP contribution in [0.4, 0.5) is 0 Å². The third-order valence-electron chi connectivity index (χ3n) is 5.53. The number of nitrogens with zero attached hydrogens (tertiary/aromatic N) is 2. The van der Waals surface area contributed by atoms with Crippen LogP contribution in [0.1, 0.15) is 46.1 Å². The Labute approximate surface area is 182 Å². The zero-order chi connectivity index (χ0) is 21.6. The van der Waals surface area contributed by atoms with Crippen molar-refractivity contribution >= 4 is 5.91 Å². The molecule has 6 heteroatoms. The number of carbonyl (C=O) groups excluding carboxylic acids is 1. The maximum absolute atomic E-state index is 13.0. The van der Waals surface area contributed by atoms with Crippen LogP contribution >= 0.6 is 0 Å². The molecule has 1 aliphatic rings. The quantitative estimate of drug-likeness (QED) is 0.555. The number of rotatable bonds is 8. The van der Waals surface area contributed by atoms with Crippen LogP contribution < -0.4 is 14.8 Å². The molecular weight excluding hydrogens is 390 g/mol. The molecule has 1 atom stereocenters. The summed E-state index contributed by atoms with van der Waals surface area (Å²) in [4.78, 5) is 13.0. The van der Waals surface area contributed by atoms with Crippen LogP contribution in [0.2, 0.25) is 0 Å². The summed E-state index contributed by atoms with van der Waals surface area (Å²) < 4.78 is 13.0. The molecule has 0 saturated carbocycles. The first kappa shape index (κ1) is 20.7. The molecule has 6 nitrogen and oxygen atoms in total. The zero-order valence-corrected chi connectivity index (χ0v) is 17.7. The number of fused-ring (bicyclic) bond motifs is 1. The van der Waals surface area contributed by atoms with E-state index in [1.807, 2.05) is 24.4 Å². The number of nitrogens with one attached hydrogen (secondary N) is 1. The van der Waals surface area contributed by atoms with Gasteiger partial charge in [-0.3, -0.25) is 9.48 Å². The smallest absolute Gasteiger partial charge is 0.251 e. The molecule has 0 spiro atoms. The third-order valence-corrected chi connectivity index (χ3v) is 5.53. The summed E-state index contributed by atoms with van der Waals surface area (Å²) >= 11 is 0. The lowest BCUT2D eigenvalue weighted by atomic mass is 9.92. The molecule has 1 aliphatic carbocycles. The van der Waals surface area contributed by atoms with Crippen molar-refractivity contribution in [3.05, 3.63) is 89.8 Å². The summed E-state index contributed by atoms with van der Waals surface area (Å²) in [5.41, 5.74) is 4.05. The van der Waals surface area contributed by atoms with Crippen molar-refractivity contribution in [2.24, 2.45) is 0 Å². The lowest BCUT2D eigenvalue weighted by Gasteiger charge is -2.24. The topological polar surface area (TPSA) is 65.4 Å². The molecule has 1 aromatic heterocycles. The Morgan fingerprint density at radius 2 is 2.10 bits per heavy atom. The normalized spacial score (nSPS) is 15.1. The SMILES string of the molecule is C=CCOc1ccc(C(=O)NC2CCCc3c2cnn3Cc2ccccc2)cc1OC. The summed E-state index contributed by atoms with van der Waals surface area (Å²) in [6.45, 7) is 4.76. The van der Waals surface area contributed by atoms with E-state index in [1.54, 1.807) is 31.4 Å². The number of benzene rings is 2. The van der Waals surface area contributed by atoms with Crippen LogP contribution in [0.3, 0.4) is 0 Å². The van der Waals surface area contributed by atoms with Gasteiger partial charge in [-0.2, -0.15) is 5.10 Å². The van der Waals surface area contributed by atoms with E-state index < -0.39 is 0 Å². The van der Waals surface area contributed by atoms with Crippen LogP contribution in [0, 0.1) is 0 Å². The standard InChI is InChI=1S/C25H27N3O3/c1-3-14-31-23-13-12-19(15-24(23)30-2)25(29)27-21-10-7-11-22-20(21)16-26-28(22)17-18-8-5-4-6-9-18/h3-6,8-9,12-13,15-16,21H,1,7,10-11,14,17H2,2H3,(H,27,29). The van der Waals surface area contributed by atoms with Gasteiger partial charge in [-0.25, -0.2) is 0 Å². The Morgan fingerprint density at radius 1 is 1.26 bits per heavy atom. The molecule has 0 bridgehead atoms. The van der Waals surface area contributed by atoms with Gasteiger partial charge in [0.05, 0.1) is 25.9 Å². The molecule has 4 rings (SSSR count). The van der Waals surface area contributed by atoms with E-state index in [0.717, 1.165) is 31.4 Å². The van der Waals surface area contributed by atoms with Gasteiger partial charge in [0.1, 0.15) is 6.61 Å². The van der Waals surface area contributed by atoms with Crippen molar-refractivity contribution in [2.45, 2.75) is 31.8 Å². The molecule has 0 saturated heterocycles. The summed E-state index contributed by atoms with van der Waals surface area (Å²) in [7, 11) is 1.56. The molecule has 1 heterocycles. The van der Waals surface area contributed by atoms with Gasteiger partial charge in [0.15, 0.2) is 11.5 Å². The molecule has 0 radical (unpaired) electrons. The van der Waals surface area contributed by atoms with E-state index in [9.17, 15) is 4.79 Å². The lowest BCUT2D eigenvalue weighted by Crippen LogP contribution is -2.31. The Balaban J connectivity index is 1.49. The number of amides is 1. The Hall–Kier alpha value is -3.54. The second-order valence-electron chi connectivity index (χ2n) is 7.57. The summed E-state index contributed by atoms with van der Waals surface area (Å²) in [5.74, 6) is 0.970. The first-order valence-corrected chi connectivity index (χ1v) is 10.5. The van der Waals surface area contributed by atoms with Crippen molar-refractivity contribution in [1.29, 1.82) is 0 Å². The van der Waals surface area contributed by atoms with Gasteiger partial charge < -0.3 is 14.8 Å². The zero-order valence-electron chi connectivity index (χ0n) is 17.7. The molecule has 0 fully saturated rings. The van der Waals surface area contributed by atoms with Crippen LogP contribution in [0.15, 0.2) is 67.4 Å². The van der Waals surface area contributed by atoms with Gasteiger partial charge in [-0.05, 0) is 43.0 Å². The first-order chi connectivity index (χ1) is 15.2. The first-order valence-electron chi connectivity index (χ1n) is 10.5. The van der Waals surface area contributed by atoms with Gasteiger partial charge in [0.25, 0.3) is 5.91 Å². The van der Waals surface area contributed by atoms with Gasteiger partial charge >= 0.3 is 0 Å². The van der Waals surface area contributed by atoms with Crippen molar-refractivity contribution in [3.8, 4) is 11.5 Å². The molecule has 31 heavy (non-hydrogen) atoms. The van der Waals surface area contributed by atoms with E-state index in [0.29, 0.717) is 23.7 Å². The van der Waals surface area contributed by atoms with Crippen molar-refractivity contribution in [3.63, 3.8) is 0 Å². The monoisotopic (exact) mass is 417 g/mol. The molecule has 3 aromatic rings. The van der Waals surface area contributed by atoms with Crippen LogP contribution in [0.25, 0.3) is 0 Å². The molecule has 2 aromatic carbocycles. The average molecular weight is 418 g/mol. The lowest BCUT2D eigenvalue weighted by molar-refractivity contribution is 0.0932. The second kappa shape index (κ2) is 9.51. The Morgan fingerprint density at radius 3 is 2.87 bits per heavy atom. The summed E-state index contributed by atoms with van der Waals surface area (Å²) in [6, 6.07) is 15.4. The molecule has 160 valence electrons. The summed E-state index contributed by atoms with van der Waals surface area (Å²) in [5, 5.41) is 7.79. The highest BCUT2D eigenvalue weighted by Gasteiger charge is 2.26. The maximum atomic E-state index is 13.0. The predicted octanol–water partition coefficient (Wildman–Crippen LogP) is 4.31. The highest BCUT2D eigenvalue weighted by atomic mass is 16.5. The summed E-state index contributed by atoms with van der Waals surface area (Å²) in [6.07, 6.45) is 6.44. The average Bonchev–Trinajstić information content (AvgIpc) is 3.22. The highest BCUT2D eigenvalue weighted by Crippen LogP contribution is 2.32. The predicted molar refractivity (Wildman–Crippen MR) is 120 cm³/mol. The molecular formula is C25H27N3O3. The minimum atomic E-state index is -0.137. The molecule has 1 N–H and O–H groups in total. The number of hydrogen-bond acceptors (Lipinski definition) is 4. The maximum Gasteiger partial charge on any atom is 0.251 e. The van der Waals surface area contributed by atoms with E-state index >= 15 is 0 Å². The van der Waals surface area contributed by atoms with Gasteiger partial charge in [-0.15, -0.1) is 0 Å². The molecule has 1 amide bonds. The van der Waals surface area contributed by atoms with Gasteiger partial charge in [0, 0.05) is 16.8 Å². The molecule has 0 aliphatic heterocycles. The van der Waals surface area contributed by atoms with E-state index in [2.05, 4.69) is 33.8 Å². The van der Waals surface area contributed by atoms with E-state index in [1.165, 1.54) is 11.3 Å². The van der Waals surface area contributed by atoms with Crippen molar-refractivity contribution in [2.75, 3.05) is 13.7 Å². The fourth-order valence-electron chi connectivity index (χ4n) is 3.98. The fraction of sp³-hybridized carbons (Fsp3) is 0.280. The number of methoxy groups -OCH3 is 1. The minimum absolute atomic E-state index is 0.0524. The van der Waals surface area contributed by atoms with E-state index in [4.69, 9.17) is 9.47 Å².